The number of carbonyl (C=O) groups excluding carboxylic acids is 1. The third kappa shape index (κ3) is 2.83. The summed E-state index contributed by atoms with van der Waals surface area (Å²) in [5.41, 5.74) is 1.02. The Kier molecular flexibility index (Phi) is 4.15. The molecule has 0 radical (unpaired) electrons. The van der Waals surface area contributed by atoms with Gasteiger partial charge in [-0.05, 0) is 20.8 Å². The second-order valence-corrected chi connectivity index (χ2v) is 4.77. The number of amides is 1. The van der Waals surface area contributed by atoms with Crippen LogP contribution in [0.25, 0.3) is 5.78 Å². The van der Waals surface area contributed by atoms with Crippen molar-refractivity contribution in [1.29, 1.82) is 0 Å². The molecule has 0 aromatic carbocycles. The Morgan fingerprint density at radius 1 is 1.43 bits per heavy atom. The zero-order chi connectivity index (χ0) is 15.6. The molecule has 8 heteroatoms. The van der Waals surface area contributed by atoms with Gasteiger partial charge in [-0.1, -0.05) is 0 Å². The molecule has 1 N–H and O–H groups in total. The van der Waals surface area contributed by atoms with Gasteiger partial charge in [0.15, 0.2) is 0 Å². The third-order valence-corrected chi connectivity index (χ3v) is 3.38. The Morgan fingerprint density at radius 3 is 2.76 bits per heavy atom. The summed E-state index contributed by atoms with van der Waals surface area (Å²) in [4.78, 5) is 33.0. The van der Waals surface area contributed by atoms with Crippen LogP contribution >= 0.6 is 0 Å². The topological polar surface area (TPSA) is 101 Å². The molecule has 1 atom stereocenters. The summed E-state index contributed by atoms with van der Waals surface area (Å²) in [7, 11) is 0. The maximum Gasteiger partial charge on any atom is 0.305 e. The average Bonchev–Trinajstić information content (AvgIpc) is 2.88. The van der Waals surface area contributed by atoms with E-state index in [0.29, 0.717) is 23.6 Å². The van der Waals surface area contributed by atoms with Crippen LogP contribution in [0, 0.1) is 6.92 Å². The molecule has 2 heterocycles. The molecule has 2 aromatic heterocycles. The molecule has 1 amide bonds. The summed E-state index contributed by atoms with van der Waals surface area (Å²) in [6, 6.07) is -0.397. The predicted octanol–water partition coefficient (Wildman–Crippen LogP) is 0.758. The van der Waals surface area contributed by atoms with Gasteiger partial charge in [0, 0.05) is 18.8 Å². The third-order valence-electron chi connectivity index (χ3n) is 3.38. The highest BCUT2D eigenvalue weighted by Gasteiger charge is 2.24. The number of rotatable bonds is 5. The predicted molar refractivity (Wildman–Crippen MR) is 73.9 cm³/mol. The first-order valence-corrected chi connectivity index (χ1v) is 6.63. The molecule has 0 aliphatic heterocycles. The summed E-state index contributed by atoms with van der Waals surface area (Å²) in [5, 5.41) is 12.9. The molecular formula is C13H17N5O3. The number of aromatic nitrogens is 4. The molecular weight excluding hydrogens is 274 g/mol. The summed E-state index contributed by atoms with van der Waals surface area (Å²) >= 11 is 0. The van der Waals surface area contributed by atoms with E-state index in [-0.39, 0.29) is 12.3 Å². The maximum absolute atomic E-state index is 12.6. The number of fused-ring (bicyclic) bond motifs is 1. The number of aliphatic carboxylic acids is 1. The number of hydrogen-bond acceptors (Lipinski definition) is 5. The van der Waals surface area contributed by atoms with Gasteiger partial charge in [0.05, 0.1) is 17.7 Å². The van der Waals surface area contributed by atoms with Gasteiger partial charge in [0.2, 0.25) is 0 Å². The molecule has 0 aliphatic rings. The molecule has 8 nitrogen and oxygen atoms in total. The second-order valence-electron chi connectivity index (χ2n) is 4.77. The SMILES string of the molecule is CCN(C(=O)c1cnc2ncnn2c1C)C(C)CC(=O)O. The highest BCUT2D eigenvalue weighted by molar-refractivity contribution is 5.95. The normalized spacial score (nSPS) is 12.3. The number of carbonyl (C=O) groups is 2. The van der Waals surface area contributed by atoms with Crippen LogP contribution in [-0.2, 0) is 4.79 Å². The molecule has 2 rings (SSSR count). The van der Waals surface area contributed by atoms with Crippen LogP contribution in [0.5, 0.6) is 0 Å². The fourth-order valence-electron chi connectivity index (χ4n) is 2.27. The largest absolute Gasteiger partial charge is 0.481 e. The Balaban J connectivity index is 2.35. The van der Waals surface area contributed by atoms with Crippen molar-refractivity contribution in [2.24, 2.45) is 0 Å². The van der Waals surface area contributed by atoms with E-state index in [1.54, 1.807) is 13.8 Å². The van der Waals surface area contributed by atoms with Gasteiger partial charge >= 0.3 is 5.97 Å². The molecule has 0 fully saturated rings. The van der Waals surface area contributed by atoms with Crippen molar-refractivity contribution in [3.63, 3.8) is 0 Å². The summed E-state index contributed by atoms with van der Waals surface area (Å²) < 4.78 is 1.49. The van der Waals surface area contributed by atoms with Gasteiger partial charge in [-0.25, -0.2) is 9.50 Å². The minimum atomic E-state index is -0.935. The molecule has 2 aromatic rings. The average molecular weight is 291 g/mol. The minimum Gasteiger partial charge on any atom is -0.481 e. The number of carboxylic acids is 1. The number of hydrogen-bond donors (Lipinski definition) is 1. The first-order valence-electron chi connectivity index (χ1n) is 6.63. The number of carboxylic acid groups (broad SMARTS) is 1. The first-order chi connectivity index (χ1) is 9.95. The highest BCUT2D eigenvalue weighted by atomic mass is 16.4. The van der Waals surface area contributed by atoms with E-state index in [1.807, 2.05) is 6.92 Å². The van der Waals surface area contributed by atoms with Crippen LogP contribution < -0.4 is 0 Å². The van der Waals surface area contributed by atoms with Crippen molar-refractivity contribution < 1.29 is 14.7 Å². The molecule has 0 saturated heterocycles. The van der Waals surface area contributed by atoms with Gasteiger partial charge in [0.1, 0.15) is 6.33 Å². The van der Waals surface area contributed by atoms with E-state index in [1.165, 1.54) is 21.9 Å². The van der Waals surface area contributed by atoms with Crippen LogP contribution in [0.4, 0.5) is 0 Å². The number of nitrogens with zero attached hydrogens (tertiary/aromatic N) is 5. The second kappa shape index (κ2) is 5.86. The molecule has 1 unspecified atom stereocenters. The van der Waals surface area contributed by atoms with Crippen molar-refractivity contribution in [3.8, 4) is 0 Å². The van der Waals surface area contributed by atoms with Crippen molar-refractivity contribution in [1.82, 2.24) is 24.5 Å². The van der Waals surface area contributed by atoms with Gasteiger partial charge in [-0.3, -0.25) is 9.59 Å². The lowest BCUT2D eigenvalue weighted by Crippen LogP contribution is -2.40. The Hall–Kier alpha value is -2.51. The summed E-state index contributed by atoms with van der Waals surface area (Å²) in [6.07, 6.45) is 2.73. The Bertz CT molecular complexity index is 681. The van der Waals surface area contributed by atoms with E-state index >= 15 is 0 Å². The zero-order valence-corrected chi connectivity index (χ0v) is 12.1. The maximum atomic E-state index is 12.6. The lowest BCUT2D eigenvalue weighted by atomic mass is 10.1. The van der Waals surface area contributed by atoms with Crippen LogP contribution in [0.2, 0.25) is 0 Å². The van der Waals surface area contributed by atoms with Crippen LogP contribution in [-0.4, -0.2) is 54.1 Å². The van der Waals surface area contributed by atoms with E-state index < -0.39 is 12.0 Å². The monoisotopic (exact) mass is 291 g/mol. The minimum absolute atomic E-state index is 0.0996. The standard InChI is InChI=1S/C13H17N5O3/c1-4-17(8(2)5-11(19)20)12(21)10-6-14-13-15-7-16-18(13)9(10)3/h6-8H,4-5H2,1-3H3,(H,19,20). The molecule has 0 spiro atoms. The van der Waals surface area contributed by atoms with E-state index in [9.17, 15) is 9.59 Å². The van der Waals surface area contributed by atoms with Crippen LogP contribution in [0.1, 0.15) is 36.3 Å². The Labute approximate surface area is 121 Å². The summed E-state index contributed by atoms with van der Waals surface area (Å²) in [6.45, 7) is 5.70. The molecule has 0 saturated carbocycles. The van der Waals surface area contributed by atoms with E-state index in [2.05, 4.69) is 15.1 Å². The summed E-state index contributed by atoms with van der Waals surface area (Å²) in [5.74, 6) is -0.769. The van der Waals surface area contributed by atoms with Gasteiger partial charge < -0.3 is 10.0 Å². The fourth-order valence-corrected chi connectivity index (χ4v) is 2.27. The fraction of sp³-hybridized carbons (Fsp3) is 0.462. The molecule has 21 heavy (non-hydrogen) atoms. The van der Waals surface area contributed by atoms with Gasteiger partial charge in [-0.15, -0.1) is 0 Å². The molecule has 0 bridgehead atoms. The lowest BCUT2D eigenvalue weighted by Gasteiger charge is -2.27. The smallest absolute Gasteiger partial charge is 0.305 e. The van der Waals surface area contributed by atoms with Crippen molar-refractivity contribution in [2.45, 2.75) is 33.2 Å². The quantitative estimate of drug-likeness (QED) is 0.872. The van der Waals surface area contributed by atoms with E-state index in [4.69, 9.17) is 5.11 Å². The molecule has 112 valence electrons. The number of aryl methyl sites for hydroxylation is 1. The van der Waals surface area contributed by atoms with Crippen molar-refractivity contribution >= 4 is 17.7 Å². The first kappa shape index (κ1) is 14.9. The van der Waals surface area contributed by atoms with Crippen molar-refractivity contribution in [3.05, 3.63) is 23.8 Å². The van der Waals surface area contributed by atoms with Crippen molar-refractivity contribution in [2.75, 3.05) is 6.54 Å². The van der Waals surface area contributed by atoms with Crippen LogP contribution in [0.3, 0.4) is 0 Å². The van der Waals surface area contributed by atoms with Gasteiger partial charge in [-0.2, -0.15) is 10.1 Å². The Morgan fingerprint density at radius 2 is 2.14 bits per heavy atom. The van der Waals surface area contributed by atoms with E-state index in [0.717, 1.165) is 0 Å². The molecule has 0 aliphatic carbocycles. The lowest BCUT2D eigenvalue weighted by molar-refractivity contribution is -0.138. The zero-order valence-electron chi connectivity index (χ0n) is 12.1. The van der Waals surface area contributed by atoms with Gasteiger partial charge in [0.25, 0.3) is 11.7 Å². The highest BCUT2D eigenvalue weighted by Crippen LogP contribution is 2.14. The van der Waals surface area contributed by atoms with Crippen LogP contribution in [0.15, 0.2) is 12.5 Å².